The summed E-state index contributed by atoms with van der Waals surface area (Å²) in [6, 6.07) is 14.9. The minimum absolute atomic E-state index is 0.169. The summed E-state index contributed by atoms with van der Waals surface area (Å²) in [7, 11) is 0. The van der Waals surface area contributed by atoms with Crippen LogP contribution in [-0.4, -0.2) is 32.0 Å². The van der Waals surface area contributed by atoms with Gasteiger partial charge in [0.05, 0.1) is 6.42 Å². The number of amides is 2. The molecular weight excluding hydrogens is 388 g/mol. The first-order valence-corrected chi connectivity index (χ1v) is 9.89. The van der Waals surface area contributed by atoms with Gasteiger partial charge in [-0.05, 0) is 29.3 Å². The number of hydrogen-bond acceptors (Lipinski definition) is 5. The number of para-hydroxylation sites is 1. The summed E-state index contributed by atoms with van der Waals surface area (Å²) in [5, 5.41) is 8.32. The van der Waals surface area contributed by atoms with Gasteiger partial charge in [0.2, 0.25) is 5.91 Å². The zero-order chi connectivity index (χ0) is 20.1. The number of hydrogen-bond donors (Lipinski definition) is 4. The standard InChI is InChI=1S/C20H18N6O2S/c27-18(9-15-10-21-17-4-2-1-3-16(15)17)24-25-19(28)14-7-5-13(6-8-14)11-29-20-22-12-23-26-20/h1-8,10,12,21H,9,11H2,(H,24,27)(H,25,28)(H,22,23,26). The van der Waals surface area contributed by atoms with E-state index in [1.54, 1.807) is 12.1 Å². The van der Waals surface area contributed by atoms with E-state index in [4.69, 9.17) is 0 Å². The number of H-pyrrole nitrogens is 2. The summed E-state index contributed by atoms with van der Waals surface area (Å²) in [6.45, 7) is 0. The molecule has 0 atom stereocenters. The minimum Gasteiger partial charge on any atom is -0.361 e. The highest BCUT2D eigenvalue weighted by Crippen LogP contribution is 2.19. The molecule has 2 aromatic carbocycles. The Hall–Kier alpha value is -3.59. The number of hydrazine groups is 1. The number of rotatable bonds is 6. The van der Waals surface area contributed by atoms with Gasteiger partial charge in [-0.25, -0.2) is 4.98 Å². The lowest BCUT2D eigenvalue weighted by atomic mass is 10.1. The number of nitrogens with zero attached hydrogens (tertiary/aromatic N) is 2. The number of aromatic nitrogens is 4. The van der Waals surface area contributed by atoms with Crippen molar-refractivity contribution >= 4 is 34.5 Å². The summed E-state index contributed by atoms with van der Waals surface area (Å²) in [5.41, 5.74) is 8.28. The van der Waals surface area contributed by atoms with Gasteiger partial charge in [0.25, 0.3) is 5.91 Å². The maximum Gasteiger partial charge on any atom is 0.269 e. The van der Waals surface area contributed by atoms with Crippen molar-refractivity contribution in [3.8, 4) is 0 Å². The molecule has 8 nitrogen and oxygen atoms in total. The van der Waals surface area contributed by atoms with E-state index in [0.29, 0.717) is 11.3 Å². The van der Waals surface area contributed by atoms with Crippen molar-refractivity contribution in [1.82, 2.24) is 31.0 Å². The Balaban J connectivity index is 1.28. The average Bonchev–Trinajstić information content (AvgIpc) is 3.41. The van der Waals surface area contributed by atoms with E-state index in [2.05, 4.69) is 31.0 Å². The lowest BCUT2D eigenvalue weighted by molar-refractivity contribution is -0.121. The zero-order valence-electron chi connectivity index (χ0n) is 15.3. The first-order chi connectivity index (χ1) is 14.2. The highest BCUT2D eigenvalue weighted by atomic mass is 32.2. The molecule has 4 rings (SSSR count). The van der Waals surface area contributed by atoms with Gasteiger partial charge in [0.1, 0.15) is 6.33 Å². The molecule has 2 heterocycles. The number of aromatic amines is 2. The van der Waals surface area contributed by atoms with Crippen molar-refractivity contribution in [3.63, 3.8) is 0 Å². The van der Waals surface area contributed by atoms with Gasteiger partial charge < -0.3 is 4.98 Å². The third kappa shape index (κ3) is 4.64. The van der Waals surface area contributed by atoms with Crippen molar-refractivity contribution in [3.05, 3.63) is 77.7 Å². The van der Waals surface area contributed by atoms with E-state index in [1.807, 2.05) is 42.6 Å². The second-order valence-electron chi connectivity index (χ2n) is 6.31. The second kappa shape index (κ2) is 8.61. The lowest BCUT2D eigenvalue weighted by Crippen LogP contribution is -2.42. The van der Waals surface area contributed by atoms with E-state index in [-0.39, 0.29) is 18.2 Å². The first-order valence-electron chi connectivity index (χ1n) is 8.90. The summed E-state index contributed by atoms with van der Waals surface area (Å²) in [4.78, 5) is 31.6. The summed E-state index contributed by atoms with van der Waals surface area (Å²) in [5.74, 6) is 0.0493. The van der Waals surface area contributed by atoms with E-state index in [0.717, 1.165) is 27.2 Å². The largest absolute Gasteiger partial charge is 0.361 e. The fourth-order valence-electron chi connectivity index (χ4n) is 2.86. The summed E-state index contributed by atoms with van der Waals surface area (Å²) >= 11 is 1.52. The molecule has 0 aliphatic carbocycles. The van der Waals surface area contributed by atoms with Crippen LogP contribution in [0.4, 0.5) is 0 Å². The molecule has 0 bridgehead atoms. The Morgan fingerprint density at radius 1 is 1.03 bits per heavy atom. The van der Waals surface area contributed by atoms with Gasteiger partial charge >= 0.3 is 0 Å². The molecular formula is C20H18N6O2S. The highest BCUT2D eigenvalue weighted by molar-refractivity contribution is 7.98. The molecule has 29 heavy (non-hydrogen) atoms. The van der Waals surface area contributed by atoms with Crippen molar-refractivity contribution in [2.45, 2.75) is 17.3 Å². The summed E-state index contributed by atoms with van der Waals surface area (Å²) < 4.78 is 0. The van der Waals surface area contributed by atoms with Crippen LogP contribution in [0.5, 0.6) is 0 Å². The van der Waals surface area contributed by atoms with Gasteiger partial charge in [-0.1, -0.05) is 42.1 Å². The Kier molecular flexibility index (Phi) is 5.57. The molecule has 4 aromatic rings. The van der Waals surface area contributed by atoms with Crippen molar-refractivity contribution in [2.75, 3.05) is 0 Å². The average molecular weight is 406 g/mol. The molecule has 0 saturated heterocycles. The van der Waals surface area contributed by atoms with E-state index in [9.17, 15) is 9.59 Å². The molecule has 0 unspecified atom stereocenters. The van der Waals surface area contributed by atoms with Gasteiger partial charge in [-0.3, -0.25) is 25.5 Å². The molecule has 2 aromatic heterocycles. The molecule has 0 aliphatic heterocycles. The smallest absolute Gasteiger partial charge is 0.269 e. The lowest BCUT2D eigenvalue weighted by Gasteiger charge is -2.08. The Labute approximate surface area is 170 Å². The molecule has 2 amide bonds. The maximum atomic E-state index is 12.3. The van der Waals surface area contributed by atoms with Gasteiger partial charge in [0.15, 0.2) is 5.16 Å². The van der Waals surface area contributed by atoms with Crippen LogP contribution in [0.15, 0.2) is 66.2 Å². The normalized spacial score (nSPS) is 10.8. The molecule has 9 heteroatoms. The van der Waals surface area contributed by atoms with Crippen LogP contribution in [-0.2, 0) is 17.0 Å². The summed E-state index contributed by atoms with van der Waals surface area (Å²) in [6.07, 6.45) is 3.44. The number of carbonyl (C=O) groups excluding carboxylic acids is 2. The number of benzene rings is 2. The maximum absolute atomic E-state index is 12.3. The van der Waals surface area contributed by atoms with Gasteiger partial charge in [0, 0.05) is 28.4 Å². The zero-order valence-corrected chi connectivity index (χ0v) is 16.1. The van der Waals surface area contributed by atoms with Crippen molar-refractivity contribution in [1.29, 1.82) is 0 Å². The quantitative estimate of drug-likeness (QED) is 0.290. The fourth-order valence-corrected chi connectivity index (χ4v) is 3.60. The SMILES string of the molecule is O=C(Cc1c[nH]c2ccccc12)NNC(=O)c1ccc(CSc2ncn[nH]2)cc1. The van der Waals surface area contributed by atoms with Crippen LogP contribution in [0, 0.1) is 0 Å². The van der Waals surface area contributed by atoms with Crippen LogP contribution < -0.4 is 10.9 Å². The van der Waals surface area contributed by atoms with E-state index in [1.165, 1.54) is 18.1 Å². The third-order valence-electron chi connectivity index (χ3n) is 4.33. The topological polar surface area (TPSA) is 116 Å². The minimum atomic E-state index is -0.369. The van der Waals surface area contributed by atoms with Gasteiger partial charge in [-0.15, -0.1) is 0 Å². The molecule has 0 saturated carbocycles. The van der Waals surface area contributed by atoms with E-state index >= 15 is 0 Å². The van der Waals surface area contributed by atoms with Crippen molar-refractivity contribution < 1.29 is 9.59 Å². The fraction of sp³-hybridized carbons (Fsp3) is 0.100. The predicted octanol–water partition coefficient (Wildman–Crippen LogP) is 2.58. The van der Waals surface area contributed by atoms with Crippen LogP contribution in [0.25, 0.3) is 10.9 Å². The monoisotopic (exact) mass is 406 g/mol. The van der Waals surface area contributed by atoms with E-state index < -0.39 is 0 Å². The van der Waals surface area contributed by atoms with Gasteiger partial charge in [-0.2, -0.15) is 5.10 Å². The van der Waals surface area contributed by atoms with Crippen LogP contribution >= 0.6 is 11.8 Å². The second-order valence-corrected chi connectivity index (χ2v) is 7.28. The van der Waals surface area contributed by atoms with Crippen LogP contribution in [0.1, 0.15) is 21.5 Å². The molecule has 146 valence electrons. The van der Waals surface area contributed by atoms with Crippen molar-refractivity contribution in [2.24, 2.45) is 0 Å². The third-order valence-corrected chi connectivity index (χ3v) is 5.27. The Morgan fingerprint density at radius 2 is 1.86 bits per heavy atom. The molecule has 0 spiro atoms. The molecule has 0 fully saturated rings. The molecule has 0 aliphatic rings. The Morgan fingerprint density at radius 3 is 2.66 bits per heavy atom. The predicted molar refractivity (Wildman–Crippen MR) is 110 cm³/mol. The number of nitrogens with one attached hydrogen (secondary N) is 4. The molecule has 0 radical (unpaired) electrons. The van der Waals surface area contributed by atoms with Crippen LogP contribution in [0.2, 0.25) is 0 Å². The highest BCUT2D eigenvalue weighted by Gasteiger charge is 2.11. The number of carbonyl (C=O) groups is 2. The van der Waals surface area contributed by atoms with Crippen LogP contribution in [0.3, 0.4) is 0 Å². The first kappa shape index (κ1) is 18.8. The number of fused-ring (bicyclic) bond motifs is 1. The number of thioether (sulfide) groups is 1. The Bertz CT molecular complexity index is 1120. The molecule has 4 N–H and O–H groups in total.